The Hall–Kier alpha value is -0.240. The summed E-state index contributed by atoms with van der Waals surface area (Å²) >= 11 is 0. The van der Waals surface area contributed by atoms with E-state index in [0.29, 0.717) is 0 Å². The van der Waals surface area contributed by atoms with E-state index >= 15 is 0 Å². The number of rotatable bonds is 3. The Morgan fingerprint density at radius 2 is 1.60 bits per heavy atom. The predicted molar refractivity (Wildman–Crippen MR) is 39.9 cm³/mol. The maximum absolute atomic E-state index is 8.27. The molecule has 0 amide bonds. The van der Waals surface area contributed by atoms with Crippen molar-refractivity contribution in [2.45, 2.75) is 18.8 Å². The zero-order chi connectivity index (χ0) is 6.57. The van der Waals surface area contributed by atoms with E-state index in [9.17, 15) is 0 Å². The van der Waals surface area contributed by atoms with Crippen LogP contribution in [-0.4, -0.2) is 29.1 Å². The fraction of sp³-hybridized carbons (Fsp3) is 1.00. The molecule has 0 aliphatic rings. The van der Waals surface area contributed by atoms with Gasteiger partial charge in [0.1, 0.15) is 0 Å². The van der Waals surface area contributed by atoms with Gasteiger partial charge in [-0.2, -0.15) is 0 Å². The first-order chi connectivity index (χ1) is 3.66. The van der Waals surface area contributed by atoms with Crippen molar-refractivity contribution in [1.82, 2.24) is 12.3 Å². The molecule has 0 aliphatic carbocycles. The van der Waals surface area contributed by atoms with E-state index in [4.69, 9.17) is 21.7 Å². The highest BCUT2D eigenvalue weighted by atomic mass is 16.5. The summed E-state index contributed by atoms with van der Waals surface area (Å²) in [4.78, 5) is 0. The minimum absolute atomic E-state index is 0. The summed E-state index contributed by atoms with van der Waals surface area (Å²) in [6.45, 7) is 0.289. The molecular formula is C4H18N4O2. The Morgan fingerprint density at radius 1 is 1.20 bits per heavy atom. The van der Waals surface area contributed by atoms with Crippen LogP contribution in [0.25, 0.3) is 0 Å². The van der Waals surface area contributed by atoms with Crippen molar-refractivity contribution in [3.63, 3.8) is 0 Å². The minimum Gasteiger partial charge on any atom is -0.368 e. The van der Waals surface area contributed by atoms with Crippen LogP contribution < -0.4 is 23.8 Å². The van der Waals surface area contributed by atoms with E-state index in [0.717, 1.165) is 0 Å². The van der Waals surface area contributed by atoms with E-state index in [1.807, 2.05) is 0 Å². The van der Waals surface area contributed by atoms with Gasteiger partial charge in [0.2, 0.25) is 0 Å². The van der Waals surface area contributed by atoms with Crippen LogP contribution in [0, 0.1) is 0 Å². The van der Waals surface area contributed by atoms with E-state index < -0.39 is 6.29 Å². The molecule has 0 spiro atoms. The molecule has 66 valence electrons. The first kappa shape index (κ1) is 16.4. The molecule has 0 bridgehead atoms. The maximum atomic E-state index is 8.27. The highest BCUT2D eigenvalue weighted by Gasteiger charge is 2.03. The Balaban J connectivity index is -0.000000245. The topological polar surface area (TPSA) is 162 Å². The fourth-order valence-electron chi connectivity index (χ4n) is 0.367. The molecule has 0 rings (SSSR count). The lowest BCUT2D eigenvalue weighted by Crippen LogP contribution is -2.33. The second-order valence-corrected chi connectivity index (χ2v) is 1.71. The van der Waals surface area contributed by atoms with E-state index in [2.05, 4.69) is 0 Å². The number of hydrogen-bond acceptors (Lipinski definition) is 6. The zero-order valence-electron chi connectivity index (χ0n) is 6.03. The molecule has 1 unspecified atom stereocenters. The number of hydrogen-bond donors (Lipinski definition) is 6. The normalized spacial score (nSPS) is 11.7. The summed E-state index contributed by atoms with van der Waals surface area (Å²) in [5, 5.41) is 16.5. The van der Waals surface area contributed by atoms with Crippen LogP contribution in [0.3, 0.4) is 0 Å². The molecule has 6 heteroatoms. The summed E-state index contributed by atoms with van der Waals surface area (Å²) in [5.74, 6) is 0. The van der Waals surface area contributed by atoms with Crippen LogP contribution in [0.2, 0.25) is 0 Å². The Labute approximate surface area is 60.4 Å². The molecule has 0 aromatic rings. The lowest BCUT2D eigenvalue weighted by atomic mass is 10.2. The molecule has 0 aromatic heterocycles. The van der Waals surface area contributed by atoms with Crippen molar-refractivity contribution < 1.29 is 10.2 Å². The van der Waals surface area contributed by atoms with Crippen molar-refractivity contribution in [2.24, 2.45) is 11.5 Å². The van der Waals surface area contributed by atoms with Crippen LogP contribution >= 0.6 is 0 Å². The van der Waals surface area contributed by atoms with Gasteiger partial charge in [-0.1, -0.05) is 0 Å². The highest BCUT2D eigenvalue weighted by Crippen LogP contribution is 1.88. The van der Waals surface area contributed by atoms with Gasteiger partial charge in [-0.3, -0.25) is 0 Å². The zero-order valence-corrected chi connectivity index (χ0v) is 6.03. The van der Waals surface area contributed by atoms with Crippen LogP contribution in [-0.2, 0) is 0 Å². The summed E-state index contributed by atoms with van der Waals surface area (Å²) in [6.07, 6.45) is -1.18. The molecule has 0 aromatic carbocycles. The summed E-state index contributed by atoms with van der Waals surface area (Å²) in [7, 11) is 0. The van der Waals surface area contributed by atoms with Gasteiger partial charge in [-0.25, -0.2) is 0 Å². The largest absolute Gasteiger partial charge is 0.368 e. The molecule has 6 nitrogen and oxygen atoms in total. The Kier molecular flexibility index (Phi) is 14.4. The van der Waals surface area contributed by atoms with Gasteiger partial charge < -0.3 is 34.0 Å². The SMILES string of the molecule is N.N.NCC(N)CC(O)O. The molecule has 0 aliphatic heterocycles. The van der Waals surface area contributed by atoms with Crippen LogP contribution in [0.1, 0.15) is 6.42 Å². The molecule has 0 fully saturated rings. The molecule has 0 radical (unpaired) electrons. The van der Waals surface area contributed by atoms with Crippen molar-refractivity contribution in [3.05, 3.63) is 0 Å². The van der Waals surface area contributed by atoms with Gasteiger partial charge in [0, 0.05) is 19.0 Å². The fourth-order valence-corrected chi connectivity index (χ4v) is 0.367. The maximum Gasteiger partial charge on any atom is 0.152 e. The molecule has 10 heavy (non-hydrogen) atoms. The average molecular weight is 154 g/mol. The quantitative estimate of drug-likeness (QED) is 0.265. The lowest BCUT2D eigenvalue weighted by Gasteiger charge is -2.08. The standard InChI is InChI=1S/C4H12N2O2.2H3N/c5-2-3(6)1-4(7)8;;/h3-4,7-8H,1-2,5-6H2;2*1H3. The summed E-state index contributed by atoms with van der Waals surface area (Å²) < 4.78 is 0. The lowest BCUT2D eigenvalue weighted by molar-refractivity contribution is -0.0486. The first-order valence-corrected chi connectivity index (χ1v) is 2.48. The van der Waals surface area contributed by atoms with E-state index in [1.165, 1.54) is 0 Å². The third kappa shape index (κ3) is 10.7. The van der Waals surface area contributed by atoms with Crippen molar-refractivity contribution in [3.8, 4) is 0 Å². The first-order valence-electron chi connectivity index (χ1n) is 2.48. The molecule has 0 saturated carbocycles. The van der Waals surface area contributed by atoms with Crippen LogP contribution in [0.5, 0.6) is 0 Å². The van der Waals surface area contributed by atoms with Crippen LogP contribution in [0.4, 0.5) is 0 Å². The van der Waals surface area contributed by atoms with E-state index in [-0.39, 0.29) is 31.3 Å². The number of aliphatic hydroxyl groups excluding tert-OH is 1. The average Bonchev–Trinajstić information content (AvgIpc) is 1.65. The number of aliphatic hydroxyl groups is 2. The van der Waals surface area contributed by atoms with Gasteiger partial charge in [-0.15, -0.1) is 0 Å². The van der Waals surface area contributed by atoms with Crippen molar-refractivity contribution in [2.75, 3.05) is 6.54 Å². The molecular weight excluding hydrogens is 136 g/mol. The number of nitrogens with two attached hydrogens (primary N) is 2. The minimum atomic E-state index is -1.33. The molecule has 0 heterocycles. The monoisotopic (exact) mass is 154 g/mol. The van der Waals surface area contributed by atoms with Crippen molar-refractivity contribution >= 4 is 0 Å². The van der Waals surface area contributed by atoms with Gasteiger partial charge in [0.05, 0.1) is 0 Å². The van der Waals surface area contributed by atoms with E-state index in [1.54, 1.807) is 0 Å². The third-order valence-electron chi connectivity index (χ3n) is 0.816. The Bertz CT molecular complexity index is 61.2. The predicted octanol–water partition coefficient (Wildman–Crippen LogP) is -1.70. The van der Waals surface area contributed by atoms with Gasteiger partial charge >= 0.3 is 0 Å². The van der Waals surface area contributed by atoms with Crippen molar-refractivity contribution in [1.29, 1.82) is 0 Å². The molecule has 0 saturated heterocycles. The smallest absolute Gasteiger partial charge is 0.152 e. The molecule has 12 N–H and O–H groups in total. The third-order valence-corrected chi connectivity index (χ3v) is 0.816. The summed E-state index contributed by atoms with van der Waals surface area (Å²) in [6, 6.07) is -0.296. The highest BCUT2D eigenvalue weighted by molar-refractivity contribution is 4.60. The second-order valence-electron chi connectivity index (χ2n) is 1.71. The van der Waals surface area contributed by atoms with Gasteiger partial charge in [0.25, 0.3) is 0 Å². The second kappa shape index (κ2) is 8.76. The summed E-state index contributed by atoms with van der Waals surface area (Å²) in [5.41, 5.74) is 10.3. The molecule has 1 atom stereocenters. The van der Waals surface area contributed by atoms with Gasteiger partial charge in [-0.05, 0) is 0 Å². The Morgan fingerprint density at radius 3 is 1.70 bits per heavy atom. The van der Waals surface area contributed by atoms with Gasteiger partial charge in [0.15, 0.2) is 6.29 Å². The van der Waals surface area contributed by atoms with Crippen LogP contribution in [0.15, 0.2) is 0 Å².